The Bertz CT molecular complexity index is 760. The van der Waals surface area contributed by atoms with Crippen molar-refractivity contribution < 1.29 is 24.2 Å². The molecular weight excluding hydrogens is 380 g/mol. The van der Waals surface area contributed by atoms with Gasteiger partial charge in [0.1, 0.15) is 17.6 Å². The predicted molar refractivity (Wildman–Crippen MR) is 104 cm³/mol. The Kier molecular flexibility index (Phi) is 4.50. The number of hydrogen-bond acceptors (Lipinski definition) is 4. The molecule has 3 fully saturated rings. The van der Waals surface area contributed by atoms with Crippen LogP contribution in [0.1, 0.15) is 46.5 Å². The topological polar surface area (TPSA) is 80.7 Å². The first-order valence-corrected chi connectivity index (χ1v) is 10.9. The summed E-state index contributed by atoms with van der Waals surface area (Å²) < 4.78 is 5.53. The van der Waals surface area contributed by atoms with E-state index in [1.165, 1.54) is 0 Å². The highest BCUT2D eigenvalue weighted by atomic mass is 35.5. The molecule has 28 heavy (non-hydrogen) atoms. The molecule has 0 aromatic carbocycles. The molecule has 0 aliphatic heterocycles. The van der Waals surface area contributed by atoms with Gasteiger partial charge in [0.05, 0.1) is 12.0 Å². The molecule has 5 nitrogen and oxygen atoms in total. The number of hydrogen-bond donors (Lipinski definition) is 1. The molecule has 0 amide bonds. The van der Waals surface area contributed by atoms with Gasteiger partial charge in [-0.2, -0.15) is 0 Å². The number of alkyl halides is 1. The lowest BCUT2D eigenvalue weighted by Crippen LogP contribution is -2.63. The third kappa shape index (κ3) is 2.02. The van der Waals surface area contributed by atoms with E-state index in [2.05, 4.69) is 13.0 Å². The van der Waals surface area contributed by atoms with Crippen LogP contribution in [-0.2, 0) is 19.1 Å². The maximum absolute atomic E-state index is 13.1. The monoisotopic (exact) mass is 408 g/mol. The van der Waals surface area contributed by atoms with Crippen molar-refractivity contribution in [3.8, 4) is 0 Å². The zero-order valence-corrected chi connectivity index (χ0v) is 17.5. The zero-order valence-electron chi connectivity index (χ0n) is 16.7. The third-order valence-electron chi connectivity index (χ3n) is 8.72. The molecule has 0 aromatic rings. The van der Waals surface area contributed by atoms with Crippen molar-refractivity contribution in [2.24, 2.45) is 45.8 Å². The number of carbonyl (C=O) groups excluding carboxylic acids is 2. The fraction of sp³-hybridized carbons (Fsp3) is 0.773. The lowest BCUT2D eigenvalue weighted by molar-refractivity contribution is -0.188. The van der Waals surface area contributed by atoms with Crippen LogP contribution < -0.4 is 0 Å². The Hall–Kier alpha value is -1.36. The quantitative estimate of drug-likeness (QED) is 0.314. The first kappa shape index (κ1) is 19.9. The minimum Gasteiger partial charge on any atom is -0.481 e. The standard InChI is InChI=1S/C22H29ClO5/c1-12(2)17-6-14-7-20(10-24)16-5-4-13(3)15(16)8-21(14,11-28-18(25)9-23)22(17,20)19(26)27/h6,10,12-16H,4-5,7-9,11H2,1-3H3,(H,26,27)/t13-,14+,15-,16-,20-,21+,22+/m1/s1. The second kappa shape index (κ2) is 6.32. The molecule has 0 saturated heterocycles. The molecule has 4 bridgehead atoms. The number of carboxylic acids is 1. The van der Waals surface area contributed by atoms with Crippen LogP contribution in [0.5, 0.6) is 0 Å². The number of aliphatic carboxylic acids is 1. The van der Waals surface area contributed by atoms with Crippen molar-refractivity contribution in [3.05, 3.63) is 11.6 Å². The molecule has 4 aliphatic rings. The van der Waals surface area contributed by atoms with Gasteiger partial charge in [0.25, 0.3) is 0 Å². The highest BCUT2D eigenvalue weighted by Gasteiger charge is 2.84. The number of aldehydes is 1. The maximum Gasteiger partial charge on any atom is 0.320 e. The Balaban J connectivity index is 1.94. The molecule has 3 saturated carbocycles. The van der Waals surface area contributed by atoms with Gasteiger partial charge >= 0.3 is 11.9 Å². The summed E-state index contributed by atoms with van der Waals surface area (Å²) in [5.74, 6) is -0.957. The van der Waals surface area contributed by atoms with Crippen molar-refractivity contribution in [2.75, 3.05) is 12.5 Å². The molecule has 0 spiro atoms. The van der Waals surface area contributed by atoms with Crippen molar-refractivity contribution in [2.45, 2.75) is 46.5 Å². The van der Waals surface area contributed by atoms with Crippen LogP contribution in [0.2, 0.25) is 0 Å². The summed E-state index contributed by atoms with van der Waals surface area (Å²) in [6.07, 6.45) is 6.22. The summed E-state index contributed by atoms with van der Waals surface area (Å²) in [5.41, 5.74) is -2.12. The van der Waals surface area contributed by atoms with E-state index in [4.69, 9.17) is 16.3 Å². The van der Waals surface area contributed by atoms with Crippen LogP contribution in [0.4, 0.5) is 0 Å². The van der Waals surface area contributed by atoms with Gasteiger partial charge in [-0.3, -0.25) is 9.59 Å². The summed E-state index contributed by atoms with van der Waals surface area (Å²) in [6, 6.07) is 0. The van der Waals surface area contributed by atoms with Crippen LogP contribution in [0, 0.1) is 45.8 Å². The van der Waals surface area contributed by atoms with E-state index in [0.29, 0.717) is 18.8 Å². The van der Waals surface area contributed by atoms with Crippen molar-refractivity contribution in [3.63, 3.8) is 0 Å². The SMILES string of the molecule is CC(C)C1=C[C@H]2C[C@@]3(C=O)[C@@H]4CC[C@@H](C)[C@H]4C[C@@]2(COC(=O)CCl)[C@]13C(=O)O. The molecular formula is C22H29ClO5. The predicted octanol–water partition coefficient (Wildman–Crippen LogP) is 3.69. The Morgan fingerprint density at radius 1 is 1.36 bits per heavy atom. The zero-order chi connectivity index (χ0) is 20.5. The molecule has 4 aliphatic carbocycles. The summed E-state index contributed by atoms with van der Waals surface area (Å²) in [6.45, 7) is 6.23. The van der Waals surface area contributed by atoms with E-state index < -0.39 is 28.2 Å². The molecule has 0 radical (unpaired) electrons. The fourth-order valence-corrected chi connectivity index (χ4v) is 7.96. The molecule has 0 unspecified atom stereocenters. The van der Waals surface area contributed by atoms with Gasteiger partial charge in [-0.25, -0.2) is 0 Å². The Morgan fingerprint density at radius 2 is 2.07 bits per heavy atom. The van der Waals surface area contributed by atoms with Gasteiger partial charge in [0.2, 0.25) is 0 Å². The van der Waals surface area contributed by atoms with E-state index in [0.717, 1.165) is 24.7 Å². The van der Waals surface area contributed by atoms with Crippen molar-refractivity contribution >= 4 is 29.8 Å². The average Bonchev–Trinajstić information content (AvgIpc) is 3.23. The van der Waals surface area contributed by atoms with Gasteiger partial charge in [0.15, 0.2) is 0 Å². The Labute approximate surface area is 170 Å². The number of carboxylic acid groups (broad SMARTS) is 1. The second-order valence-electron chi connectivity index (χ2n) is 9.78. The molecule has 4 rings (SSSR count). The summed E-state index contributed by atoms with van der Waals surface area (Å²) in [4.78, 5) is 37.8. The number of ether oxygens (including phenoxy) is 1. The van der Waals surface area contributed by atoms with E-state index in [9.17, 15) is 19.5 Å². The summed E-state index contributed by atoms with van der Waals surface area (Å²) >= 11 is 5.64. The first-order chi connectivity index (χ1) is 13.2. The lowest BCUT2D eigenvalue weighted by atomic mass is 9.43. The number of carbonyl (C=O) groups is 3. The lowest BCUT2D eigenvalue weighted by Gasteiger charge is -2.58. The normalized spacial score (nSPS) is 45.7. The first-order valence-electron chi connectivity index (χ1n) is 10.4. The smallest absolute Gasteiger partial charge is 0.320 e. The molecule has 0 heterocycles. The van der Waals surface area contributed by atoms with Crippen LogP contribution in [0.15, 0.2) is 11.6 Å². The molecule has 1 N–H and O–H groups in total. The van der Waals surface area contributed by atoms with E-state index in [1.54, 1.807) is 0 Å². The summed E-state index contributed by atoms with van der Waals surface area (Å²) in [7, 11) is 0. The largest absolute Gasteiger partial charge is 0.481 e. The highest BCUT2D eigenvalue weighted by Crippen LogP contribution is 2.82. The van der Waals surface area contributed by atoms with Gasteiger partial charge in [-0.1, -0.05) is 38.8 Å². The number of rotatable bonds is 6. The highest BCUT2D eigenvalue weighted by molar-refractivity contribution is 6.26. The van der Waals surface area contributed by atoms with Crippen molar-refractivity contribution in [1.29, 1.82) is 0 Å². The third-order valence-corrected chi connectivity index (χ3v) is 8.94. The molecule has 7 atom stereocenters. The Morgan fingerprint density at radius 3 is 2.64 bits per heavy atom. The molecule has 0 aromatic heterocycles. The molecule has 154 valence electrons. The minimum absolute atomic E-state index is 0.0132. The number of esters is 1. The van der Waals surface area contributed by atoms with Crippen LogP contribution in [-0.4, -0.2) is 35.8 Å². The van der Waals surface area contributed by atoms with E-state index >= 15 is 0 Å². The van der Waals surface area contributed by atoms with E-state index in [1.807, 2.05) is 13.8 Å². The number of allylic oxidation sites excluding steroid dienone is 1. The summed E-state index contributed by atoms with van der Waals surface area (Å²) in [5, 5.41) is 10.7. The van der Waals surface area contributed by atoms with Crippen molar-refractivity contribution in [1.82, 2.24) is 0 Å². The molecule has 6 heteroatoms. The second-order valence-corrected chi connectivity index (χ2v) is 10.0. The van der Waals surface area contributed by atoms with Gasteiger partial charge in [-0.15, -0.1) is 11.6 Å². The maximum atomic E-state index is 13.1. The van der Waals surface area contributed by atoms with E-state index in [-0.39, 0.29) is 36.2 Å². The van der Waals surface area contributed by atoms with Gasteiger partial charge < -0.3 is 14.6 Å². The number of fused-ring (bicyclic) bond motifs is 2. The van der Waals surface area contributed by atoms with Crippen LogP contribution in [0.25, 0.3) is 0 Å². The average molecular weight is 409 g/mol. The number of halogens is 1. The van der Waals surface area contributed by atoms with Crippen LogP contribution in [0.3, 0.4) is 0 Å². The fourth-order valence-electron chi connectivity index (χ4n) is 7.88. The van der Waals surface area contributed by atoms with Gasteiger partial charge in [0, 0.05) is 5.41 Å². The van der Waals surface area contributed by atoms with Gasteiger partial charge in [-0.05, 0) is 48.9 Å². The minimum atomic E-state index is -1.29. The van der Waals surface area contributed by atoms with Crippen LogP contribution >= 0.6 is 11.6 Å².